The lowest BCUT2D eigenvalue weighted by Crippen LogP contribution is -2.44. The third kappa shape index (κ3) is 5.15. The van der Waals surface area contributed by atoms with Gasteiger partial charge in [0.15, 0.2) is 5.60 Å². The summed E-state index contributed by atoms with van der Waals surface area (Å²) in [7, 11) is -1.86. The summed E-state index contributed by atoms with van der Waals surface area (Å²) in [5, 5.41) is 21.2. The molecule has 2 rings (SSSR count). The highest BCUT2D eigenvalue weighted by atomic mass is 32.2. The van der Waals surface area contributed by atoms with Gasteiger partial charge in [-0.15, -0.1) is 0 Å². The first-order valence-corrected chi connectivity index (χ1v) is 9.05. The van der Waals surface area contributed by atoms with E-state index in [1.54, 1.807) is 0 Å². The summed E-state index contributed by atoms with van der Waals surface area (Å²) in [6, 6.07) is 8.56. The standard InChI is InChI=1S/C18H14F4N2O3S/c1-17(26,10-28(27)14-6-3-12(19)4-7-14)16(25)24-13-5-2-11(9-23)15(8-13)18(20,21)22/h2-8,26H,10H2,1H3,(H,24,25). The van der Waals surface area contributed by atoms with Crippen LogP contribution >= 0.6 is 0 Å². The number of aliphatic hydroxyl groups is 1. The van der Waals surface area contributed by atoms with Gasteiger partial charge in [-0.05, 0) is 49.4 Å². The van der Waals surface area contributed by atoms with Crippen LogP contribution in [0.3, 0.4) is 0 Å². The molecule has 2 aromatic rings. The van der Waals surface area contributed by atoms with E-state index in [1.165, 1.54) is 18.2 Å². The molecule has 0 aliphatic heterocycles. The number of anilines is 1. The van der Waals surface area contributed by atoms with E-state index in [0.29, 0.717) is 6.07 Å². The molecule has 0 heterocycles. The van der Waals surface area contributed by atoms with Crippen LogP contribution in [0.25, 0.3) is 0 Å². The van der Waals surface area contributed by atoms with Crippen LogP contribution in [-0.2, 0) is 21.8 Å². The number of rotatable bonds is 5. The fourth-order valence-corrected chi connectivity index (χ4v) is 3.46. The number of halogens is 4. The second-order valence-corrected chi connectivity index (χ2v) is 7.49. The molecule has 2 N–H and O–H groups in total. The van der Waals surface area contributed by atoms with Crippen LogP contribution in [0.5, 0.6) is 0 Å². The van der Waals surface area contributed by atoms with E-state index in [9.17, 15) is 31.7 Å². The number of hydrogen-bond donors (Lipinski definition) is 2. The number of benzene rings is 2. The van der Waals surface area contributed by atoms with Crippen molar-refractivity contribution in [1.29, 1.82) is 5.26 Å². The highest BCUT2D eigenvalue weighted by Gasteiger charge is 2.36. The molecule has 0 aliphatic rings. The van der Waals surface area contributed by atoms with Crippen LogP contribution in [0.1, 0.15) is 18.1 Å². The van der Waals surface area contributed by atoms with Gasteiger partial charge < -0.3 is 10.4 Å². The third-order valence-electron chi connectivity index (χ3n) is 3.68. The van der Waals surface area contributed by atoms with E-state index in [-0.39, 0.29) is 10.6 Å². The van der Waals surface area contributed by atoms with Crippen molar-refractivity contribution in [1.82, 2.24) is 0 Å². The van der Waals surface area contributed by atoms with Gasteiger partial charge in [0.2, 0.25) is 0 Å². The zero-order chi connectivity index (χ0) is 21.1. The zero-order valence-electron chi connectivity index (χ0n) is 14.4. The second-order valence-electron chi connectivity index (χ2n) is 6.04. The second kappa shape index (κ2) is 8.08. The normalized spacial score (nSPS) is 14.6. The predicted octanol–water partition coefficient (Wildman–Crippen LogP) is 3.21. The zero-order valence-corrected chi connectivity index (χ0v) is 15.2. The van der Waals surface area contributed by atoms with E-state index in [4.69, 9.17) is 5.26 Å². The monoisotopic (exact) mass is 414 g/mol. The van der Waals surface area contributed by atoms with E-state index in [1.807, 2.05) is 0 Å². The van der Waals surface area contributed by atoms with Gasteiger partial charge in [0.25, 0.3) is 5.91 Å². The van der Waals surface area contributed by atoms with Crippen molar-refractivity contribution in [2.75, 3.05) is 11.1 Å². The summed E-state index contributed by atoms with van der Waals surface area (Å²) in [5.74, 6) is -2.19. The van der Waals surface area contributed by atoms with Gasteiger partial charge in [0, 0.05) is 10.6 Å². The topological polar surface area (TPSA) is 90.2 Å². The maximum absolute atomic E-state index is 13.0. The summed E-state index contributed by atoms with van der Waals surface area (Å²) in [4.78, 5) is 12.4. The number of hydrogen-bond acceptors (Lipinski definition) is 4. The predicted molar refractivity (Wildman–Crippen MR) is 93.1 cm³/mol. The third-order valence-corrected chi connectivity index (χ3v) is 5.30. The highest BCUT2D eigenvalue weighted by molar-refractivity contribution is 7.85. The molecule has 0 fully saturated rings. The minimum absolute atomic E-state index is 0.173. The first-order valence-electron chi connectivity index (χ1n) is 7.73. The number of nitriles is 1. The van der Waals surface area contributed by atoms with Crippen molar-refractivity contribution in [2.45, 2.75) is 23.6 Å². The van der Waals surface area contributed by atoms with Gasteiger partial charge in [-0.25, -0.2) is 4.39 Å². The smallest absolute Gasteiger partial charge is 0.379 e. The lowest BCUT2D eigenvalue weighted by atomic mass is 10.1. The minimum atomic E-state index is -4.81. The molecule has 10 heteroatoms. The summed E-state index contributed by atoms with van der Waals surface area (Å²) < 4.78 is 64.2. The molecule has 0 aromatic heterocycles. The SMILES string of the molecule is CC(O)(CS(=O)c1ccc(F)cc1)C(=O)Nc1ccc(C#N)c(C(F)(F)F)c1. The highest BCUT2D eigenvalue weighted by Crippen LogP contribution is 2.33. The molecule has 0 saturated heterocycles. The van der Waals surface area contributed by atoms with Crippen molar-refractivity contribution in [3.63, 3.8) is 0 Å². The van der Waals surface area contributed by atoms with Crippen LogP contribution in [-0.4, -0.2) is 26.6 Å². The van der Waals surface area contributed by atoms with Crippen LogP contribution in [0, 0.1) is 17.1 Å². The number of carbonyl (C=O) groups excluding carboxylic acids is 1. The van der Waals surface area contributed by atoms with Crippen molar-refractivity contribution in [3.8, 4) is 6.07 Å². The number of nitrogens with one attached hydrogen (secondary N) is 1. The van der Waals surface area contributed by atoms with Crippen molar-refractivity contribution >= 4 is 22.4 Å². The van der Waals surface area contributed by atoms with Crippen LogP contribution < -0.4 is 5.32 Å². The van der Waals surface area contributed by atoms with Gasteiger partial charge in [-0.2, -0.15) is 18.4 Å². The average molecular weight is 414 g/mol. The molecule has 0 bridgehead atoms. The van der Waals surface area contributed by atoms with Gasteiger partial charge in [0.05, 0.1) is 33.7 Å². The Kier molecular flexibility index (Phi) is 6.21. The van der Waals surface area contributed by atoms with Gasteiger partial charge >= 0.3 is 6.18 Å². The maximum atomic E-state index is 13.0. The first kappa shape index (κ1) is 21.5. The van der Waals surface area contributed by atoms with Crippen LogP contribution in [0.15, 0.2) is 47.4 Å². The molecule has 2 atom stereocenters. The molecule has 0 spiro atoms. The fraction of sp³-hybridized carbons (Fsp3) is 0.222. The Balaban J connectivity index is 2.18. The fourth-order valence-electron chi connectivity index (χ4n) is 2.21. The molecule has 5 nitrogen and oxygen atoms in total. The van der Waals surface area contributed by atoms with Gasteiger partial charge in [-0.1, -0.05) is 0 Å². The molecular weight excluding hydrogens is 400 g/mol. The number of amides is 1. The van der Waals surface area contributed by atoms with E-state index in [0.717, 1.165) is 31.2 Å². The van der Waals surface area contributed by atoms with E-state index < -0.39 is 51.2 Å². The Bertz CT molecular complexity index is 951. The number of nitrogens with zero attached hydrogens (tertiary/aromatic N) is 1. The molecule has 28 heavy (non-hydrogen) atoms. The van der Waals surface area contributed by atoms with E-state index in [2.05, 4.69) is 5.32 Å². The first-order chi connectivity index (χ1) is 12.9. The Morgan fingerprint density at radius 2 is 1.82 bits per heavy atom. The summed E-state index contributed by atoms with van der Waals surface area (Å²) in [6.45, 7) is 1.05. The Labute approximate surface area is 160 Å². The van der Waals surface area contributed by atoms with Crippen LogP contribution in [0.4, 0.5) is 23.2 Å². The molecule has 0 saturated carbocycles. The molecule has 1 amide bonds. The van der Waals surface area contributed by atoms with Crippen molar-refractivity contribution in [2.24, 2.45) is 0 Å². The van der Waals surface area contributed by atoms with Crippen LogP contribution in [0.2, 0.25) is 0 Å². The molecule has 2 aromatic carbocycles. The summed E-state index contributed by atoms with van der Waals surface area (Å²) >= 11 is 0. The molecule has 2 unspecified atom stereocenters. The maximum Gasteiger partial charge on any atom is 0.417 e. The lowest BCUT2D eigenvalue weighted by molar-refractivity contribution is -0.137. The molecule has 148 valence electrons. The average Bonchev–Trinajstić information content (AvgIpc) is 2.61. The summed E-state index contributed by atoms with van der Waals surface area (Å²) in [5.41, 5.74) is -4.33. The van der Waals surface area contributed by atoms with Crippen molar-refractivity contribution < 1.29 is 31.7 Å². The summed E-state index contributed by atoms with van der Waals surface area (Å²) in [6.07, 6.45) is -4.81. The molecule has 0 radical (unpaired) electrons. The lowest BCUT2D eigenvalue weighted by Gasteiger charge is -2.22. The molecular formula is C18H14F4N2O3S. The van der Waals surface area contributed by atoms with Gasteiger partial charge in [-0.3, -0.25) is 9.00 Å². The van der Waals surface area contributed by atoms with Gasteiger partial charge in [0.1, 0.15) is 5.82 Å². The number of carbonyl (C=O) groups is 1. The Hall–Kier alpha value is -2.77. The Morgan fingerprint density at radius 1 is 1.21 bits per heavy atom. The Morgan fingerprint density at radius 3 is 2.36 bits per heavy atom. The molecule has 0 aliphatic carbocycles. The van der Waals surface area contributed by atoms with Crippen molar-refractivity contribution in [3.05, 3.63) is 59.4 Å². The van der Waals surface area contributed by atoms with E-state index >= 15 is 0 Å². The quantitative estimate of drug-likeness (QED) is 0.736. The largest absolute Gasteiger partial charge is 0.417 e. The number of alkyl halides is 3. The minimum Gasteiger partial charge on any atom is -0.379 e.